The first-order chi connectivity index (χ1) is 17.3. The van der Waals surface area contributed by atoms with Gasteiger partial charge in [0.25, 0.3) is 0 Å². The van der Waals surface area contributed by atoms with E-state index in [1.165, 1.54) is 19.3 Å². The fraction of sp³-hybridized carbons (Fsp3) is 0.719. The fourth-order valence-corrected chi connectivity index (χ4v) is 9.52. The van der Waals surface area contributed by atoms with E-state index in [0.717, 1.165) is 44.1 Å². The molecule has 5 rings (SSSR count). The summed E-state index contributed by atoms with van der Waals surface area (Å²) in [5.41, 5.74) is 1.46. The number of fused-ring (bicyclic) bond motifs is 5. The van der Waals surface area contributed by atoms with Gasteiger partial charge in [0.05, 0.1) is 12.2 Å². The van der Waals surface area contributed by atoms with Crippen LogP contribution in [0.15, 0.2) is 43.0 Å². The maximum Gasteiger partial charge on any atom is 0.306 e. The third-order valence-corrected chi connectivity index (χ3v) is 11.5. The summed E-state index contributed by atoms with van der Waals surface area (Å²) >= 11 is 0. The average molecular weight is 495 g/mol. The van der Waals surface area contributed by atoms with E-state index in [9.17, 15) is 15.0 Å². The molecule has 0 amide bonds. The van der Waals surface area contributed by atoms with E-state index in [4.69, 9.17) is 4.74 Å². The monoisotopic (exact) mass is 494 g/mol. The van der Waals surface area contributed by atoms with Crippen LogP contribution in [0.5, 0.6) is 0 Å². The van der Waals surface area contributed by atoms with Crippen LogP contribution in [0, 0.1) is 46.3 Å². The molecular weight excluding hydrogens is 448 g/mol. The van der Waals surface area contributed by atoms with Crippen molar-refractivity contribution in [2.45, 2.75) is 96.9 Å². The predicted octanol–water partition coefficient (Wildman–Crippen LogP) is 6.30. The molecule has 0 aromatic heterocycles. The van der Waals surface area contributed by atoms with Crippen molar-refractivity contribution in [1.82, 2.24) is 0 Å². The Kier molecular flexibility index (Phi) is 7.40. The molecule has 4 heteroatoms. The van der Waals surface area contributed by atoms with Crippen molar-refractivity contribution in [3.8, 4) is 0 Å². The van der Waals surface area contributed by atoms with Gasteiger partial charge in [0.2, 0.25) is 0 Å². The summed E-state index contributed by atoms with van der Waals surface area (Å²) in [6.07, 6.45) is 11.3. The maximum absolute atomic E-state index is 12.5. The van der Waals surface area contributed by atoms with Gasteiger partial charge in [0, 0.05) is 6.42 Å². The topological polar surface area (TPSA) is 66.8 Å². The molecule has 0 heterocycles. The molecular formula is C32H46O4. The molecule has 0 saturated heterocycles. The second-order valence-corrected chi connectivity index (χ2v) is 13.0. The number of allylic oxidation sites excluding steroid dienone is 1. The van der Waals surface area contributed by atoms with E-state index in [2.05, 4.69) is 26.5 Å². The lowest BCUT2D eigenvalue weighted by atomic mass is 9.43. The summed E-state index contributed by atoms with van der Waals surface area (Å²) in [5.74, 6) is 2.59. The van der Waals surface area contributed by atoms with Crippen molar-refractivity contribution < 1.29 is 19.7 Å². The van der Waals surface area contributed by atoms with E-state index in [1.807, 2.05) is 30.3 Å². The van der Waals surface area contributed by atoms with Gasteiger partial charge < -0.3 is 14.9 Å². The van der Waals surface area contributed by atoms with Gasteiger partial charge in [-0.15, -0.1) is 6.58 Å². The van der Waals surface area contributed by atoms with Crippen molar-refractivity contribution >= 4 is 5.97 Å². The molecule has 10 atom stereocenters. The summed E-state index contributed by atoms with van der Waals surface area (Å²) in [7, 11) is 0. The van der Waals surface area contributed by atoms with Gasteiger partial charge in [0.1, 0.15) is 6.61 Å². The number of carbonyl (C=O) groups excluding carboxylic acids is 1. The fourth-order valence-electron chi connectivity index (χ4n) is 9.52. The van der Waals surface area contributed by atoms with E-state index in [0.29, 0.717) is 48.5 Å². The van der Waals surface area contributed by atoms with Crippen LogP contribution in [-0.4, -0.2) is 28.4 Å². The van der Waals surface area contributed by atoms with Crippen LogP contribution >= 0.6 is 0 Å². The highest BCUT2D eigenvalue weighted by Gasteiger charge is 2.62. The van der Waals surface area contributed by atoms with Gasteiger partial charge >= 0.3 is 5.97 Å². The lowest BCUT2D eigenvalue weighted by Crippen LogP contribution is -2.58. The van der Waals surface area contributed by atoms with Gasteiger partial charge in [0.15, 0.2) is 0 Å². The molecule has 4 aliphatic rings. The van der Waals surface area contributed by atoms with Gasteiger partial charge in [-0.05, 0) is 110 Å². The quantitative estimate of drug-likeness (QED) is 0.345. The Morgan fingerprint density at radius 2 is 1.78 bits per heavy atom. The second-order valence-electron chi connectivity index (χ2n) is 13.0. The zero-order valence-corrected chi connectivity index (χ0v) is 22.3. The first-order valence-corrected chi connectivity index (χ1v) is 14.4. The van der Waals surface area contributed by atoms with Crippen LogP contribution < -0.4 is 0 Å². The van der Waals surface area contributed by atoms with Crippen molar-refractivity contribution in [2.75, 3.05) is 0 Å². The number of ether oxygens (including phenoxy) is 1. The molecule has 4 nitrogen and oxygen atoms in total. The Labute approximate surface area is 217 Å². The van der Waals surface area contributed by atoms with Crippen LogP contribution in [0.1, 0.15) is 83.6 Å². The van der Waals surface area contributed by atoms with Crippen LogP contribution in [-0.2, 0) is 16.1 Å². The van der Waals surface area contributed by atoms with E-state index in [1.54, 1.807) is 0 Å². The third kappa shape index (κ3) is 4.58. The lowest BCUT2D eigenvalue weighted by Gasteiger charge is -2.62. The summed E-state index contributed by atoms with van der Waals surface area (Å²) in [4.78, 5) is 12.5. The number of aliphatic hydroxyl groups is 2. The number of esters is 1. The standard InChI is InChI=1S/C32H46O4/c1-4-22(10-13-29(35)36-20-21-8-6-5-7-9-21)25-11-12-26-30-27(15-17-32(25,26)3)31(2)16-14-24(33)18-23(31)19-28(30)34/h4-9,22-28,30,33-34H,1,10-20H2,2-3H3/t22-,23?,24-,25?,26?,27?,28-,30?,31+,32-/m1/s1. The van der Waals surface area contributed by atoms with E-state index in [-0.39, 0.29) is 29.0 Å². The molecule has 5 unspecified atom stereocenters. The zero-order valence-electron chi connectivity index (χ0n) is 22.3. The summed E-state index contributed by atoms with van der Waals surface area (Å²) < 4.78 is 5.55. The minimum absolute atomic E-state index is 0.129. The third-order valence-electron chi connectivity index (χ3n) is 11.5. The molecule has 0 radical (unpaired) electrons. The Morgan fingerprint density at radius 1 is 1.06 bits per heavy atom. The van der Waals surface area contributed by atoms with Crippen LogP contribution in [0.4, 0.5) is 0 Å². The van der Waals surface area contributed by atoms with Crippen molar-refractivity contribution in [2.24, 2.45) is 46.3 Å². The zero-order chi connectivity index (χ0) is 25.5. The van der Waals surface area contributed by atoms with Gasteiger partial charge in [-0.3, -0.25) is 4.79 Å². The van der Waals surface area contributed by atoms with E-state index >= 15 is 0 Å². The van der Waals surface area contributed by atoms with Gasteiger partial charge in [-0.1, -0.05) is 50.3 Å². The Morgan fingerprint density at radius 3 is 2.53 bits per heavy atom. The first kappa shape index (κ1) is 26.0. The molecule has 4 fully saturated rings. The normalized spacial score (nSPS) is 42.5. The van der Waals surface area contributed by atoms with Gasteiger partial charge in [-0.25, -0.2) is 0 Å². The van der Waals surface area contributed by atoms with Crippen molar-refractivity contribution in [3.63, 3.8) is 0 Å². The molecule has 0 aliphatic heterocycles. The minimum Gasteiger partial charge on any atom is -0.461 e. The molecule has 4 aliphatic carbocycles. The molecule has 1 aromatic carbocycles. The molecule has 4 saturated carbocycles. The molecule has 36 heavy (non-hydrogen) atoms. The molecule has 0 spiro atoms. The number of carbonyl (C=O) groups is 1. The van der Waals surface area contributed by atoms with Crippen molar-refractivity contribution in [1.29, 1.82) is 0 Å². The SMILES string of the molecule is C=C[C@H](CCC(=O)OCc1ccccc1)C1CCC2C3C(CC[C@@]21C)[C@@]1(C)CC[C@@H](O)CC1C[C@H]3O. The number of hydrogen-bond donors (Lipinski definition) is 2. The highest BCUT2D eigenvalue weighted by molar-refractivity contribution is 5.69. The second kappa shape index (κ2) is 10.3. The van der Waals surface area contributed by atoms with Crippen LogP contribution in [0.2, 0.25) is 0 Å². The first-order valence-electron chi connectivity index (χ1n) is 14.4. The minimum atomic E-state index is -0.253. The molecule has 0 bridgehead atoms. The van der Waals surface area contributed by atoms with Crippen molar-refractivity contribution in [3.05, 3.63) is 48.6 Å². The maximum atomic E-state index is 12.5. The summed E-state index contributed by atoms with van der Waals surface area (Å²) in [6, 6.07) is 9.85. The Balaban J connectivity index is 1.24. The highest BCUT2D eigenvalue weighted by Crippen LogP contribution is 2.68. The summed E-state index contributed by atoms with van der Waals surface area (Å²) in [5, 5.41) is 21.8. The highest BCUT2D eigenvalue weighted by atomic mass is 16.5. The Hall–Kier alpha value is -1.65. The van der Waals surface area contributed by atoms with E-state index < -0.39 is 0 Å². The Bertz CT molecular complexity index is 929. The smallest absolute Gasteiger partial charge is 0.306 e. The number of rotatable bonds is 7. The van der Waals surface area contributed by atoms with Crippen LogP contribution in [0.3, 0.4) is 0 Å². The molecule has 198 valence electrons. The molecule has 2 N–H and O–H groups in total. The lowest BCUT2D eigenvalue weighted by molar-refractivity contribution is -0.174. The predicted molar refractivity (Wildman–Crippen MR) is 142 cm³/mol. The largest absolute Gasteiger partial charge is 0.461 e. The number of aliphatic hydroxyl groups excluding tert-OH is 2. The number of benzene rings is 1. The molecule has 1 aromatic rings. The van der Waals surface area contributed by atoms with Gasteiger partial charge in [-0.2, -0.15) is 0 Å². The van der Waals surface area contributed by atoms with Crippen LogP contribution in [0.25, 0.3) is 0 Å². The average Bonchev–Trinajstić information content (AvgIpc) is 3.22. The number of hydrogen-bond acceptors (Lipinski definition) is 4. The summed E-state index contributed by atoms with van der Waals surface area (Å²) in [6.45, 7) is 9.46.